The Morgan fingerprint density at radius 3 is 2.53 bits per heavy atom. The lowest BCUT2D eigenvalue weighted by molar-refractivity contribution is 0.0594. The molecule has 0 aliphatic rings. The van der Waals surface area contributed by atoms with Gasteiger partial charge in [0.2, 0.25) is 0 Å². The molecule has 2 rings (SSSR count). The van der Waals surface area contributed by atoms with Gasteiger partial charge < -0.3 is 9.84 Å². The monoisotopic (exact) mass is 299 g/mol. The van der Waals surface area contributed by atoms with Crippen LogP contribution >= 0.6 is 23.2 Å². The summed E-state index contributed by atoms with van der Waals surface area (Å²) in [4.78, 5) is 26.7. The van der Waals surface area contributed by atoms with E-state index in [9.17, 15) is 14.7 Å². The highest BCUT2D eigenvalue weighted by molar-refractivity contribution is 6.38. The SMILES string of the molecule is COC(=O)c1cc(C(=O)O)c2cc(Cl)cc(Cl)c2n1. The second-order valence-corrected chi connectivity index (χ2v) is 4.48. The maximum absolute atomic E-state index is 11.5. The van der Waals surface area contributed by atoms with Gasteiger partial charge in [-0.15, -0.1) is 0 Å². The molecule has 0 saturated heterocycles. The molecule has 1 aromatic heterocycles. The van der Waals surface area contributed by atoms with Gasteiger partial charge in [0.25, 0.3) is 0 Å². The molecule has 1 N–H and O–H groups in total. The first-order valence-electron chi connectivity index (χ1n) is 5.05. The molecular formula is C12H7Cl2NO4. The molecule has 7 heteroatoms. The highest BCUT2D eigenvalue weighted by Gasteiger charge is 2.18. The highest BCUT2D eigenvalue weighted by Crippen LogP contribution is 2.29. The van der Waals surface area contributed by atoms with Crippen LogP contribution in [0, 0.1) is 0 Å². The first-order valence-corrected chi connectivity index (χ1v) is 5.81. The fourth-order valence-corrected chi connectivity index (χ4v) is 2.17. The van der Waals surface area contributed by atoms with Crippen molar-refractivity contribution >= 4 is 46.0 Å². The first-order chi connectivity index (χ1) is 8.93. The Labute approximate surface area is 117 Å². The number of ether oxygens (including phenoxy) is 1. The van der Waals surface area contributed by atoms with Crippen LogP contribution in [0.3, 0.4) is 0 Å². The van der Waals surface area contributed by atoms with E-state index in [1.54, 1.807) is 0 Å². The first kappa shape index (κ1) is 13.6. The summed E-state index contributed by atoms with van der Waals surface area (Å²) in [6.07, 6.45) is 0. The summed E-state index contributed by atoms with van der Waals surface area (Å²) in [7, 11) is 1.18. The van der Waals surface area contributed by atoms with E-state index in [-0.39, 0.29) is 32.2 Å². The van der Waals surface area contributed by atoms with Crippen LogP contribution in [0.4, 0.5) is 0 Å². The van der Waals surface area contributed by atoms with Crippen molar-refractivity contribution in [3.63, 3.8) is 0 Å². The molecule has 1 aromatic carbocycles. The third kappa shape index (κ3) is 2.47. The van der Waals surface area contributed by atoms with E-state index in [4.69, 9.17) is 23.2 Å². The number of carboxylic acid groups (broad SMARTS) is 1. The van der Waals surface area contributed by atoms with Crippen molar-refractivity contribution in [3.05, 3.63) is 39.5 Å². The van der Waals surface area contributed by atoms with Crippen molar-refractivity contribution < 1.29 is 19.4 Å². The van der Waals surface area contributed by atoms with E-state index in [0.717, 1.165) is 6.07 Å². The quantitative estimate of drug-likeness (QED) is 0.863. The Kier molecular flexibility index (Phi) is 3.59. The number of nitrogens with zero attached hydrogens (tertiary/aromatic N) is 1. The molecular weight excluding hydrogens is 293 g/mol. The highest BCUT2D eigenvalue weighted by atomic mass is 35.5. The average molecular weight is 300 g/mol. The summed E-state index contributed by atoms with van der Waals surface area (Å²) >= 11 is 11.8. The van der Waals surface area contributed by atoms with Gasteiger partial charge in [0, 0.05) is 10.4 Å². The second kappa shape index (κ2) is 5.03. The van der Waals surface area contributed by atoms with Gasteiger partial charge in [-0.05, 0) is 18.2 Å². The third-order valence-electron chi connectivity index (χ3n) is 2.46. The zero-order valence-corrected chi connectivity index (χ0v) is 11.1. The van der Waals surface area contributed by atoms with E-state index < -0.39 is 11.9 Å². The summed E-state index contributed by atoms with van der Waals surface area (Å²) in [6.45, 7) is 0. The number of halogens is 2. The number of carbonyl (C=O) groups excluding carboxylic acids is 1. The van der Waals surface area contributed by atoms with Gasteiger partial charge in [0.1, 0.15) is 5.69 Å². The van der Waals surface area contributed by atoms with Gasteiger partial charge in [0.15, 0.2) is 0 Å². The van der Waals surface area contributed by atoms with Crippen LogP contribution in [0.1, 0.15) is 20.8 Å². The number of pyridine rings is 1. The van der Waals surface area contributed by atoms with Crippen LogP contribution in [-0.2, 0) is 4.74 Å². The van der Waals surface area contributed by atoms with Crippen LogP contribution in [0.5, 0.6) is 0 Å². The number of carboxylic acids is 1. The fraction of sp³-hybridized carbons (Fsp3) is 0.0833. The Morgan fingerprint density at radius 2 is 1.95 bits per heavy atom. The predicted molar refractivity (Wildman–Crippen MR) is 70.1 cm³/mol. The number of carbonyl (C=O) groups is 2. The van der Waals surface area contributed by atoms with Crippen molar-refractivity contribution in [1.29, 1.82) is 0 Å². The van der Waals surface area contributed by atoms with E-state index in [2.05, 4.69) is 9.72 Å². The van der Waals surface area contributed by atoms with Gasteiger partial charge in [-0.3, -0.25) is 0 Å². The minimum absolute atomic E-state index is 0.116. The summed E-state index contributed by atoms with van der Waals surface area (Å²) in [6, 6.07) is 3.98. The fourth-order valence-electron chi connectivity index (χ4n) is 1.64. The largest absolute Gasteiger partial charge is 0.478 e. The predicted octanol–water partition coefficient (Wildman–Crippen LogP) is 3.03. The summed E-state index contributed by atoms with van der Waals surface area (Å²) in [5.74, 6) is -1.95. The summed E-state index contributed by atoms with van der Waals surface area (Å²) in [5.41, 5.74) is -0.0576. The number of hydrogen-bond acceptors (Lipinski definition) is 4. The minimum Gasteiger partial charge on any atom is -0.478 e. The van der Waals surface area contributed by atoms with Gasteiger partial charge in [-0.2, -0.15) is 0 Å². The van der Waals surface area contributed by atoms with Gasteiger partial charge in [-0.25, -0.2) is 14.6 Å². The number of esters is 1. The molecule has 0 radical (unpaired) electrons. The van der Waals surface area contributed by atoms with Crippen molar-refractivity contribution in [1.82, 2.24) is 4.98 Å². The number of rotatable bonds is 2. The van der Waals surface area contributed by atoms with E-state index in [1.807, 2.05) is 0 Å². The van der Waals surface area contributed by atoms with Gasteiger partial charge in [-0.1, -0.05) is 23.2 Å². The summed E-state index contributed by atoms with van der Waals surface area (Å²) < 4.78 is 4.52. The Hall–Kier alpha value is -1.85. The molecule has 0 atom stereocenters. The number of fused-ring (bicyclic) bond motifs is 1. The van der Waals surface area contributed by atoms with Gasteiger partial charge >= 0.3 is 11.9 Å². The molecule has 0 spiro atoms. The molecule has 19 heavy (non-hydrogen) atoms. The maximum Gasteiger partial charge on any atom is 0.356 e. The lowest BCUT2D eigenvalue weighted by Gasteiger charge is -2.07. The molecule has 0 aliphatic carbocycles. The Balaban J connectivity index is 2.87. The average Bonchev–Trinajstić information content (AvgIpc) is 2.36. The zero-order valence-electron chi connectivity index (χ0n) is 9.61. The smallest absolute Gasteiger partial charge is 0.356 e. The van der Waals surface area contributed by atoms with E-state index in [1.165, 1.54) is 19.2 Å². The topological polar surface area (TPSA) is 76.5 Å². The number of methoxy groups -OCH3 is 1. The molecule has 0 fully saturated rings. The Bertz CT molecular complexity index is 700. The number of aromatic nitrogens is 1. The van der Waals surface area contributed by atoms with Crippen molar-refractivity contribution in [2.75, 3.05) is 7.11 Å². The molecule has 2 aromatic rings. The van der Waals surface area contributed by atoms with Gasteiger partial charge in [0.05, 0.1) is 23.2 Å². The normalized spacial score (nSPS) is 10.5. The molecule has 98 valence electrons. The second-order valence-electron chi connectivity index (χ2n) is 3.64. The zero-order chi connectivity index (χ0) is 14.2. The van der Waals surface area contributed by atoms with Crippen LogP contribution in [0.15, 0.2) is 18.2 Å². The van der Waals surface area contributed by atoms with Crippen molar-refractivity contribution in [3.8, 4) is 0 Å². The number of aromatic carboxylic acids is 1. The van der Waals surface area contributed by atoms with Crippen LogP contribution in [-0.4, -0.2) is 29.1 Å². The third-order valence-corrected chi connectivity index (χ3v) is 2.96. The molecule has 0 unspecified atom stereocenters. The molecule has 0 saturated carbocycles. The van der Waals surface area contributed by atoms with Crippen LogP contribution in [0.25, 0.3) is 10.9 Å². The van der Waals surface area contributed by atoms with E-state index >= 15 is 0 Å². The maximum atomic E-state index is 11.5. The number of hydrogen-bond donors (Lipinski definition) is 1. The van der Waals surface area contributed by atoms with Crippen LogP contribution < -0.4 is 0 Å². The van der Waals surface area contributed by atoms with Crippen LogP contribution in [0.2, 0.25) is 10.0 Å². The van der Waals surface area contributed by atoms with Crippen molar-refractivity contribution in [2.24, 2.45) is 0 Å². The molecule has 5 nitrogen and oxygen atoms in total. The molecule has 0 amide bonds. The minimum atomic E-state index is -1.21. The van der Waals surface area contributed by atoms with E-state index in [0.29, 0.717) is 0 Å². The lowest BCUT2D eigenvalue weighted by atomic mass is 10.1. The molecule has 1 heterocycles. The molecule has 0 bridgehead atoms. The Morgan fingerprint density at radius 1 is 1.26 bits per heavy atom. The summed E-state index contributed by atoms with van der Waals surface area (Å²) in [5, 5.41) is 9.89. The lowest BCUT2D eigenvalue weighted by Crippen LogP contribution is -2.08. The standard InChI is InChI=1S/C12H7Cl2NO4/c1-19-12(18)9-4-7(11(16)17)6-2-5(13)3-8(14)10(6)15-9/h2-4H,1H3,(H,16,17). The van der Waals surface area contributed by atoms with Crippen molar-refractivity contribution in [2.45, 2.75) is 0 Å². The molecule has 0 aliphatic heterocycles. The number of benzene rings is 1.